The molecular weight excluding hydrogens is 330 g/mol. The van der Waals surface area contributed by atoms with Gasteiger partial charge in [0, 0.05) is 36.4 Å². The maximum atomic E-state index is 12.5. The van der Waals surface area contributed by atoms with E-state index in [-0.39, 0.29) is 11.9 Å². The first-order valence-corrected chi connectivity index (χ1v) is 9.41. The number of hydrogen-bond acceptors (Lipinski definition) is 3. The van der Waals surface area contributed by atoms with Crippen molar-refractivity contribution < 1.29 is 9.59 Å². The number of aromatic nitrogens is 2. The zero-order chi connectivity index (χ0) is 18.1. The first kappa shape index (κ1) is 16.9. The van der Waals surface area contributed by atoms with Crippen LogP contribution in [0.25, 0.3) is 11.0 Å². The number of hydrogen-bond donors (Lipinski definition) is 2. The van der Waals surface area contributed by atoms with Gasteiger partial charge in [-0.1, -0.05) is 0 Å². The molecule has 2 aromatic heterocycles. The number of rotatable bonds is 3. The quantitative estimate of drug-likeness (QED) is 0.884. The second kappa shape index (κ2) is 6.97. The van der Waals surface area contributed by atoms with Crippen LogP contribution in [0.1, 0.15) is 44.6 Å². The van der Waals surface area contributed by atoms with E-state index in [2.05, 4.69) is 33.2 Å². The van der Waals surface area contributed by atoms with Crippen molar-refractivity contribution in [2.45, 2.75) is 56.7 Å². The van der Waals surface area contributed by atoms with Crippen molar-refractivity contribution in [3.8, 4) is 0 Å². The smallest absolute Gasteiger partial charge is 0.315 e. The zero-order valence-corrected chi connectivity index (χ0v) is 14.8. The van der Waals surface area contributed by atoms with Crippen LogP contribution in [0, 0.1) is 0 Å². The van der Waals surface area contributed by atoms with E-state index in [1.807, 2.05) is 12.3 Å². The molecule has 4 rings (SSSR count). The standard InChI is InChI=1S/C19H25N5O2/c20-19(26)24-11-2-4-16(24)18(25)22-14-5-7-15(8-6-14)23-12-9-13-3-1-10-21-17(13)23/h1,3,9-10,12,14-16H,2,4-8,11H2,(H2,20,26)(H,22,25)/t14?,15?,16-/m0/s1. The predicted molar refractivity (Wildman–Crippen MR) is 98.5 cm³/mol. The number of fused-ring (bicyclic) bond motifs is 1. The summed E-state index contributed by atoms with van der Waals surface area (Å²) in [5.41, 5.74) is 6.41. The Balaban J connectivity index is 1.35. The molecule has 1 saturated carbocycles. The van der Waals surface area contributed by atoms with Crippen LogP contribution in [0.2, 0.25) is 0 Å². The number of nitrogens with one attached hydrogen (secondary N) is 1. The van der Waals surface area contributed by atoms with Crippen LogP contribution in [0.3, 0.4) is 0 Å². The normalized spacial score (nSPS) is 26.2. The van der Waals surface area contributed by atoms with Crippen molar-refractivity contribution in [1.29, 1.82) is 0 Å². The maximum absolute atomic E-state index is 12.5. The summed E-state index contributed by atoms with van der Waals surface area (Å²) in [6.07, 6.45) is 9.37. The van der Waals surface area contributed by atoms with Gasteiger partial charge in [0.05, 0.1) is 0 Å². The third-order valence-electron chi connectivity index (χ3n) is 5.75. The number of nitrogens with zero attached hydrogens (tertiary/aromatic N) is 3. The highest BCUT2D eigenvalue weighted by Gasteiger charge is 2.34. The monoisotopic (exact) mass is 355 g/mol. The summed E-state index contributed by atoms with van der Waals surface area (Å²) in [6.45, 7) is 0.577. The number of carbonyl (C=O) groups is 2. The Hall–Kier alpha value is -2.57. The lowest BCUT2D eigenvalue weighted by Gasteiger charge is -2.32. The van der Waals surface area contributed by atoms with E-state index in [1.165, 1.54) is 4.90 Å². The van der Waals surface area contributed by atoms with Gasteiger partial charge in [-0.05, 0) is 56.7 Å². The number of pyridine rings is 1. The van der Waals surface area contributed by atoms with Crippen LogP contribution < -0.4 is 11.1 Å². The Kier molecular flexibility index (Phi) is 4.53. The predicted octanol–water partition coefficient (Wildman–Crippen LogP) is 2.18. The molecule has 7 nitrogen and oxygen atoms in total. The van der Waals surface area contributed by atoms with Crippen LogP contribution in [0.5, 0.6) is 0 Å². The van der Waals surface area contributed by atoms with Crippen molar-refractivity contribution in [2.75, 3.05) is 6.54 Å². The van der Waals surface area contributed by atoms with Crippen molar-refractivity contribution in [3.63, 3.8) is 0 Å². The lowest BCUT2D eigenvalue weighted by molar-refractivity contribution is -0.125. The molecule has 2 aliphatic rings. The Morgan fingerprint density at radius 3 is 2.73 bits per heavy atom. The minimum atomic E-state index is -0.502. The van der Waals surface area contributed by atoms with E-state index in [0.717, 1.165) is 43.1 Å². The number of amides is 3. The average Bonchev–Trinajstić information content (AvgIpc) is 3.30. The summed E-state index contributed by atoms with van der Waals surface area (Å²) in [4.78, 5) is 30.0. The molecule has 3 heterocycles. The Bertz CT molecular complexity index is 809. The molecular formula is C19H25N5O2. The number of primary amides is 1. The summed E-state index contributed by atoms with van der Waals surface area (Å²) in [5.74, 6) is -0.0576. The second-order valence-corrected chi connectivity index (χ2v) is 7.34. The highest BCUT2D eigenvalue weighted by atomic mass is 16.2. The van der Waals surface area contributed by atoms with Gasteiger partial charge in [0.15, 0.2) is 0 Å². The van der Waals surface area contributed by atoms with Crippen molar-refractivity contribution in [1.82, 2.24) is 19.8 Å². The molecule has 0 aromatic carbocycles. The first-order chi connectivity index (χ1) is 12.6. The lowest BCUT2D eigenvalue weighted by atomic mass is 9.90. The number of urea groups is 1. The molecule has 138 valence electrons. The molecule has 3 N–H and O–H groups in total. The van der Waals surface area contributed by atoms with Gasteiger partial charge in [-0.3, -0.25) is 4.79 Å². The Morgan fingerprint density at radius 1 is 1.15 bits per heavy atom. The molecule has 0 bridgehead atoms. The molecule has 1 aliphatic heterocycles. The van der Waals surface area contributed by atoms with E-state index < -0.39 is 12.1 Å². The van der Waals surface area contributed by atoms with Crippen LogP contribution in [0.4, 0.5) is 4.79 Å². The fourth-order valence-electron chi connectivity index (χ4n) is 4.38. The summed E-state index contributed by atoms with van der Waals surface area (Å²) < 4.78 is 2.26. The van der Waals surface area contributed by atoms with E-state index in [1.54, 1.807) is 0 Å². The van der Waals surface area contributed by atoms with Gasteiger partial charge in [0.25, 0.3) is 0 Å². The Labute approximate surface area is 152 Å². The van der Waals surface area contributed by atoms with Gasteiger partial charge in [0.2, 0.25) is 5.91 Å². The number of likely N-dealkylation sites (tertiary alicyclic amines) is 1. The van der Waals surface area contributed by atoms with Crippen LogP contribution in [-0.4, -0.2) is 45.0 Å². The summed E-state index contributed by atoms with van der Waals surface area (Å²) in [6, 6.07) is 5.83. The topological polar surface area (TPSA) is 93.3 Å². The van der Waals surface area contributed by atoms with Gasteiger partial charge < -0.3 is 20.5 Å². The van der Waals surface area contributed by atoms with Crippen molar-refractivity contribution >= 4 is 23.0 Å². The number of carbonyl (C=O) groups excluding carboxylic acids is 2. The fourth-order valence-corrected chi connectivity index (χ4v) is 4.38. The first-order valence-electron chi connectivity index (χ1n) is 9.41. The third kappa shape index (κ3) is 3.13. The molecule has 2 fully saturated rings. The molecule has 1 aliphatic carbocycles. The highest BCUT2D eigenvalue weighted by Crippen LogP contribution is 2.31. The van der Waals surface area contributed by atoms with Gasteiger partial charge in [-0.2, -0.15) is 0 Å². The van der Waals surface area contributed by atoms with Crippen molar-refractivity contribution in [2.24, 2.45) is 5.73 Å². The average molecular weight is 355 g/mol. The van der Waals surface area contributed by atoms with E-state index in [9.17, 15) is 9.59 Å². The van der Waals surface area contributed by atoms with Gasteiger partial charge in [-0.25, -0.2) is 9.78 Å². The highest BCUT2D eigenvalue weighted by molar-refractivity contribution is 5.87. The van der Waals surface area contributed by atoms with Gasteiger partial charge in [0.1, 0.15) is 11.7 Å². The molecule has 3 amide bonds. The molecule has 1 atom stereocenters. The third-order valence-corrected chi connectivity index (χ3v) is 5.75. The summed E-state index contributed by atoms with van der Waals surface area (Å²) in [5, 5.41) is 4.30. The second-order valence-electron chi connectivity index (χ2n) is 7.34. The van der Waals surface area contributed by atoms with Crippen molar-refractivity contribution in [3.05, 3.63) is 30.6 Å². The maximum Gasteiger partial charge on any atom is 0.315 e. The molecule has 26 heavy (non-hydrogen) atoms. The zero-order valence-electron chi connectivity index (χ0n) is 14.8. The van der Waals surface area contributed by atoms with Crippen LogP contribution >= 0.6 is 0 Å². The Morgan fingerprint density at radius 2 is 1.96 bits per heavy atom. The van der Waals surface area contributed by atoms with Gasteiger partial charge >= 0.3 is 6.03 Å². The SMILES string of the molecule is NC(=O)N1CCC[C@H]1C(=O)NC1CCC(n2ccc3cccnc32)CC1. The fraction of sp³-hybridized carbons (Fsp3) is 0.526. The van der Waals surface area contributed by atoms with E-state index >= 15 is 0 Å². The molecule has 0 unspecified atom stereocenters. The van der Waals surface area contributed by atoms with Gasteiger partial charge in [-0.15, -0.1) is 0 Å². The summed E-state index contributed by atoms with van der Waals surface area (Å²) in [7, 11) is 0. The van der Waals surface area contributed by atoms with E-state index in [0.29, 0.717) is 19.0 Å². The van der Waals surface area contributed by atoms with E-state index in [4.69, 9.17) is 5.73 Å². The number of nitrogens with two attached hydrogens (primary N) is 1. The van der Waals surface area contributed by atoms with Crippen LogP contribution in [-0.2, 0) is 4.79 Å². The molecule has 7 heteroatoms. The minimum absolute atomic E-state index is 0.0576. The molecule has 2 aromatic rings. The molecule has 1 saturated heterocycles. The largest absolute Gasteiger partial charge is 0.352 e. The molecule has 0 spiro atoms. The molecule has 0 radical (unpaired) electrons. The minimum Gasteiger partial charge on any atom is -0.352 e. The van der Waals surface area contributed by atoms with Crippen LogP contribution in [0.15, 0.2) is 30.6 Å². The lowest BCUT2D eigenvalue weighted by Crippen LogP contribution is -2.50. The summed E-state index contributed by atoms with van der Waals surface area (Å²) >= 11 is 0.